The van der Waals surface area contributed by atoms with E-state index in [-0.39, 0.29) is 18.3 Å². The van der Waals surface area contributed by atoms with Crippen molar-refractivity contribution in [2.24, 2.45) is 0 Å². The maximum Gasteiger partial charge on any atom is 0.256 e. The van der Waals surface area contributed by atoms with Gasteiger partial charge in [-0.3, -0.25) is 9.69 Å². The van der Waals surface area contributed by atoms with Gasteiger partial charge in [-0.25, -0.2) is 4.98 Å². The van der Waals surface area contributed by atoms with Gasteiger partial charge in [0.25, 0.3) is 5.91 Å². The molecule has 0 saturated carbocycles. The van der Waals surface area contributed by atoms with Crippen molar-refractivity contribution in [3.63, 3.8) is 0 Å². The van der Waals surface area contributed by atoms with Crippen molar-refractivity contribution in [1.29, 1.82) is 0 Å². The average Bonchev–Trinajstić information content (AvgIpc) is 3.59. The smallest absolute Gasteiger partial charge is 0.256 e. The Labute approximate surface area is 258 Å². The Balaban J connectivity index is 0.00000316. The van der Waals surface area contributed by atoms with Crippen LogP contribution < -0.4 is 10.1 Å². The van der Waals surface area contributed by atoms with Gasteiger partial charge >= 0.3 is 0 Å². The lowest BCUT2D eigenvalue weighted by Gasteiger charge is -2.27. The largest absolute Gasteiger partial charge is 0.457 e. The third-order valence-electron chi connectivity index (χ3n) is 7.22. The highest BCUT2D eigenvalue weighted by Crippen LogP contribution is 2.46. The SMILES string of the molecule is Cl.O=C(Nc1sc2c(c1-c1nc3ccccc3s1)CCN(Cc1ccccc1)C2)c1ccc(Oc2ccccc2)cc1. The van der Waals surface area contributed by atoms with Crippen molar-refractivity contribution >= 4 is 56.2 Å². The van der Waals surface area contributed by atoms with Crippen LogP contribution in [0, 0.1) is 0 Å². The highest BCUT2D eigenvalue weighted by atomic mass is 35.5. The molecule has 1 amide bonds. The van der Waals surface area contributed by atoms with E-state index < -0.39 is 0 Å². The number of ether oxygens (including phenoxy) is 1. The van der Waals surface area contributed by atoms with Crippen molar-refractivity contribution in [2.75, 3.05) is 11.9 Å². The van der Waals surface area contributed by atoms with Crippen LogP contribution in [0.5, 0.6) is 11.5 Å². The zero-order valence-electron chi connectivity index (χ0n) is 22.7. The molecule has 1 N–H and O–H groups in total. The molecule has 2 aromatic heterocycles. The minimum atomic E-state index is -0.140. The number of para-hydroxylation sites is 2. The lowest BCUT2D eigenvalue weighted by Crippen LogP contribution is -2.29. The first kappa shape index (κ1) is 28.1. The van der Waals surface area contributed by atoms with E-state index in [4.69, 9.17) is 9.72 Å². The molecule has 4 aromatic carbocycles. The summed E-state index contributed by atoms with van der Waals surface area (Å²) in [5, 5.41) is 5.07. The maximum atomic E-state index is 13.5. The van der Waals surface area contributed by atoms with Crippen molar-refractivity contribution < 1.29 is 9.53 Å². The fourth-order valence-corrected chi connectivity index (χ4v) is 7.60. The summed E-state index contributed by atoms with van der Waals surface area (Å²) < 4.78 is 7.05. The predicted molar refractivity (Wildman–Crippen MR) is 175 cm³/mol. The zero-order valence-corrected chi connectivity index (χ0v) is 25.1. The maximum absolute atomic E-state index is 13.5. The van der Waals surface area contributed by atoms with E-state index >= 15 is 0 Å². The molecule has 5 nitrogen and oxygen atoms in total. The highest BCUT2D eigenvalue weighted by molar-refractivity contribution is 7.23. The Morgan fingerprint density at radius 2 is 1.52 bits per heavy atom. The van der Waals surface area contributed by atoms with E-state index in [1.807, 2.05) is 60.7 Å². The molecule has 0 unspecified atom stereocenters. The molecule has 7 rings (SSSR count). The first-order chi connectivity index (χ1) is 20.2. The standard InChI is InChI=1S/C34H27N3O2S2.ClH/c38-32(24-15-17-26(18-16-24)39-25-11-5-2-6-12-25)36-34-31(33-35-28-13-7-8-14-29(28)40-33)27-19-20-37(22-30(27)41-34)21-23-9-3-1-4-10-23;/h1-18H,19-22H2,(H,36,38);1H. The Bertz CT molecular complexity index is 1790. The van der Waals surface area contributed by atoms with Gasteiger partial charge in [-0.1, -0.05) is 60.7 Å². The van der Waals surface area contributed by atoms with Gasteiger partial charge in [0.15, 0.2) is 0 Å². The Kier molecular flexibility index (Phi) is 8.35. The van der Waals surface area contributed by atoms with E-state index in [9.17, 15) is 4.79 Å². The van der Waals surface area contributed by atoms with Crippen LogP contribution in [-0.2, 0) is 19.5 Å². The number of aromatic nitrogens is 1. The number of nitrogens with one attached hydrogen (secondary N) is 1. The molecule has 6 aromatic rings. The number of carbonyl (C=O) groups excluding carboxylic acids is 1. The summed E-state index contributed by atoms with van der Waals surface area (Å²) in [4.78, 5) is 22.2. The van der Waals surface area contributed by atoms with Gasteiger partial charge in [-0.15, -0.1) is 35.1 Å². The Hall–Kier alpha value is -4.01. The van der Waals surface area contributed by atoms with Gasteiger partial charge in [-0.2, -0.15) is 0 Å². The second-order valence-corrected chi connectivity index (χ2v) is 12.2. The quantitative estimate of drug-likeness (QED) is 0.196. The van der Waals surface area contributed by atoms with Crippen LogP contribution in [-0.4, -0.2) is 22.3 Å². The molecule has 210 valence electrons. The summed E-state index contributed by atoms with van der Waals surface area (Å²) >= 11 is 3.36. The molecule has 8 heteroatoms. The Morgan fingerprint density at radius 3 is 2.29 bits per heavy atom. The minimum Gasteiger partial charge on any atom is -0.457 e. The number of thiophene rings is 1. The van der Waals surface area contributed by atoms with Crippen molar-refractivity contribution in [3.05, 3.63) is 131 Å². The van der Waals surface area contributed by atoms with Gasteiger partial charge in [-0.05, 0) is 66.1 Å². The summed E-state index contributed by atoms with van der Waals surface area (Å²) in [5.41, 5.74) is 5.26. The number of hydrogen-bond acceptors (Lipinski definition) is 6. The fraction of sp³-hybridized carbons (Fsp3) is 0.118. The van der Waals surface area contributed by atoms with Crippen LogP contribution in [0.25, 0.3) is 20.8 Å². The van der Waals surface area contributed by atoms with Crippen LogP contribution in [0.4, 0.5) is 5.00 Å². The number of nitrogens with zero attached hydrogens (tertiary/aromatic N) is 2. The van der Waals surface area contributed by atoms with Crippen molar-refractivity contribution in [2.45, 2.75) is 19.5 Å². The zero-order chi connectivity index (χ0) is 27.6. The van der Waals surface area contributed by atoms with Gasteiger partial charge in [0, 0.05) is 35.6 Å². The number of anilines is 1. The van der Waals surface area contributed by atoms with Crippen LogP contribution in [0.1, 0.15) is 26.4 Å². The van der Waals surface area contributed by atoms with Crippen LogP contribution in [0.2, 0.25) is 0 Å². The normalized spacial score (nSPS) is 12.9. The summed E-state index contributed by atoms with van der Waals surface area (Å²) in [7, 11) is 0. The number of fused-ring (bicyclic) bond motifs is 2. The van der Waals surface area contributed by atoms with Gasteiger partial charge in [0.1, 0.15) is 21.5 Å². The summed E-state index contributed by atoms with van der Waals surface area (Å²) in [6.45, 7) is 2.73. The third kappa shape index (κ3) is 5.96. The Morgan fingerprint density at radius 1 is 0.833 bits per heavy atom. The monoisotopic (exact) mass is 609 g/mol. The number of amides is 1. The minimum absolute atomic E-state index is 0. The van der Waals surface area contributed by atoms with E-state index in [0.717, 1.165) is 57.6 Å². The molecule has 0 atom stereocenters. The fourth-order valence-electron chi connectivity index (χ4n) is 5.20. The van der Waals surface area contributed by atoms with Gasteiger partial charge in [0.2, 0.25) is 0 Å². The van der Waals surface area contributed by atoms with Crippen LogP contribution in [0.3, 0.4) is 0 Å². The second kappa shape index (κ2) is 12.5. The number of benzene rings is 4. The molecule has 1 aliphatic rings. The third-order valence-corrected chi connectivity index (χ3v) is 9.40. The van der Waals surface area contributed by atoms with E-state index in [0.29, 0.717) is 11.3 Å². The lowest BCUT2D eigenvalue weighted by atomic mass is 10.0. The van der Waals surface area contributed by atoms with Crippen LogP contribution in [0.15, 0.2) is 109 Å². The lowest BCUT2D eigenvalue weighted by molar-refractivity contribution is 0.102. The molecular weight excluding hydrogens is 582 g/mol. The number of carbonyl (C=O) groups is 1. The van der Waals surface area contributed by atoms with Gasteiger partial charge < -0.3 is 10.1 Å². The van der Waals surface area contributed by atoms with E-state index in [1.165, 1.54) is 16.0 Å². The molecule has 0 bridgehead atoms. The summed E-state index contributed by atoms with van der Waals surface area (Å²) in [5.74, 6) is 1.31. The average molecular weight is 610 g/mol. The number of rotatable bonds is 7. The first-order valence-corrected chi connectivity index (χ1v) is 15.2. The van der Waals surface area contributed by atoms with E-state index in [1.54, 1.807) is 34.8 Å². The van der Waals surface area contributed by atoms with Gasteiger partial charge in [0.05, 0.1) is 10.2 Å². The number of hydrogen-bond donors (Lipinski definition) is 1. The van der Waals surface area contributed by atoms with Crippen molar-refractivity contribution in [3.8, 4) is 22.1 Å². The first-order valence-electron chi connectivity index (χ1n) is 13.6. The molecule has 0 radical (unpaired) electrons. The van der Waals surface area contributed by atoms with Crippen LogP contribution >= 0.6 is 35.1 Å². The van der Waals surface area contributed by atoms with Crippen molar-refractivity contribution in [1.82, 2.24) is 9.88 Å². The second-order valence-electron chi connectivity index (χ2n) is 10.0. The molecule has 0 saturated heterocycles. The molecule has 3 heterocycles. The molecule has 0 fully saturated rings. The molecule has 0 spiro atoms. The summed E-state index contributed by atoms with van der Waals surface area (Å²) in [6.07, 6.45) is 0.922. The number of thiazole rings is 1. The summed E-state index contributed by atoms with van der Waals surface area (Å²) in [6, 6.07) is 35.7. The molecule has 0 aliphatic carbocycles. The molecular formula is C34H28ClN3O2S2. The highest BCUT2D eigenvalue weighted by Gasteiger charge is 2.28. The topological polar surface area (TPSA) is 54.5 Å². The predicted octanol–water partition coefficient (Wildman–Crippen LogP) is 9.05. The number of halogens is 1. The van der Waals surface area contributed by atoms with E-state index in [2.05, 4.69) is 46.6 Å². The molecule has 42 heavy (non-hydrogen) atoms. The molecule has 1 aliphatic heterocycles.